The molecule has 0 atom stereocenters. The van der Waals surface area contributed by atoms with Gasteiger partial charge in [0.25, 0.3) is 5.91 Å². The van der Waals surface area contributed by atoms with Crippen LogP contribution in [0.1, 0.15) is 6.92 Å². The van der Waals surface area contributed by atoms with Crippen LogP contribution in [-0.4, -0.2) is 19.1 Å². The highest BCUT2D eigenvalue weighted by Gasteiger charge is 2.12. The Morgan fingerprint density at radius 1 is 1.50 bits per heavy atom. The van der Waals surface area contributed by atoms with Crippen LogP contribution in [0.15, 0.2) is 16.6 Å². The molecule has 1 aromatic carbocycles. The Balaban J connectivity index is 2.70. The third kappa shape index (κ3) is 3.44. The largest absolute Gasteiger partial charge is 0.481 e. The topological polar surface area (TPSA) is 38.3 Å². The molecule has 0 spiro atoms. The highest BCUT2D eigenvalue weighted by atomic mass is 79.9. The first kappa shape index (κ1) is 12.9. The van der Waals surface area contributed by atoms with Crippen LogP contribution in [0.4, 0.5) is 8.78 Å². The molecule has 0 bridgehead atoms. The molecule has 0 aromatic heterocycles. The minimum absolute atomic E-state index is 0.293. The number of amides is 1. The van der Waals surface area contributed by atoms with Gasteiger partial charge in [0, 0.05) is 11.0 Å². The van der Waals surface area contributed by atoms with Crippen LogP contribution in [0.25, 0.3) is 0 Å². The van der Waals surface area contributed by atoms with Gasteiger partial charge in [0.1, 0.15) is 0 Å². The van der Waals surface area contributed by atoms with Crippen LogP contribution in [0.5, 0.6) is 5.75 Å². The normalized spacial score (nSPS) is 10.0. The second-order valence-corrected chi connectivity index (χ2v) is 3.86. The van der Waals surface area contributed by atoms with E-state index in [2.05, 4.69) is 21.2 Å². The van der Waals surface area contributed by atoms with Crippen molar-refractivity contribution in [1.82, 2.24) is 5.32 Å². The molecule has 0 heterocycles. The zero-order valence-corrected chi connectivity index (χ0v) is 10.1. The third-order valence-corrected chi connectivity index (χ3v) is 2.15. The minimum Gasteiger partial charge on any atom is -0.481 e. The van der Waals surface area contributed by atoms with Gasteiger partial charge in [-0.3, -0.25) is 4.79 Å². The van der Waals surface area contributed by atoms with Crippen molar-refractivity contribution in [2.45, 2.75) is 6.92 Å². The number of nitrogens with one attached hydrogen (secondary N) is 1. The Hall–Kier alpha value is -1.17. The first-order valence-electron chi connectivity index (χ1n) is 4.58. The molecule has 0 aliphatic heterocycles. The van der Waals surface area contributed by atoms with Gasteiger partial charge in [-0.25, -0.2) is 4.39 Å². The minimum atomic E-state index is -1.10. The molecule has 1 N–H and O–H groups in total. The molecule has 1 rings (SSSR count). The number of hydrogen-bond acceptors (Lipinski definition) is 2. The molecule has 0 saturated heterocycles. The van der Waals surface area contributed by atoms with Crippen LogP contribution in [-0.2, 0) is 4.79 Å². The van der Waals surface area contributed by atoms with E-state index in [0.29, 0.717) is 11.0 Å². The van der Waals surface area contributed by atoms with E-state index < -0.39 is 11.6 Å². The summed E-state index contributed by atoms with van der Waals surface area (Å²) in [6.07, 6.45) is 0. The van der Waals surface area contributed by atoms with E-state index in [1.54, 1.807) is 6.92 Å². The summed E-state index contributed by atoms with van der Waals surface area (Å²) >= 11 is 3.00. The van der Waals surface area contributed by atoms with Crippen molar-refractivity contribution >= 4 is 21.8 Å². The predicted molar refractivity (Wildman–Crippen MR) is 58.2 cm³/mol. The first-order valence-corrected chi connectivity index (χ1v) is 5.38. The SMILES string of the molecule is CCNC(=O)COc1cc(Br)cc(F)c1F. The van der Waals surface area contributed by atoms with Gasteiger partial charge in [-0.05, 0) is 19.1 Å². The molecule has 16 heavy (non-hydrogen) atoms. The summed E-state index contributed by atoms with van der Waals surface area (Å²) in [5.41, 5.74) is 0. The van der Waals surface area contributed by atoms with E-state index in [0.717, 1.165) is 6.07 Å². The molecule has 3 nitrogen and oxygen atoms in total. The Kier molecular flexibility index (Phi) is 4.67. The number of ether oxygens (including phenoxy) is 1. The highest BCUT2D eigenvalue weighted by molar-refractivity contribution is 9.10. The maximum atomic E-state index is 13.2. The van der Waals surface area contributed by atoms with Crippen molar-refractivity contribution in [3.63, 3.8) is 0 Å². The Bertz CT molecular complexity index is 399. The van der Waals surface area contributed by atoms with Gasteiger partial charge in [0.2, 0.25) is 5.82 Å². The molecule has 6 heteroatoms. The Morgan fingerprint density at radius 3 is 2.81 bits per heavy atom. The van der Waals surface area contributed by atoms with Gasteiger partial charge in [0.15, 0.2) is 18.2 Å². The summed E-state index contributed by atoms with van der Waals surface area (Å²) in [6.45, 7) is 1.86. The number of benzene rings is 1. The molecule has 0 unspecified atom stereocenters. The molecule has 0 saturated carbocycles. The summed E-state index contributed by atoms with van der Waals surface area (Å²) in [4.78, 5) is 11.0. The van der Waals surface area contributed by atoms with E-state index in [1.807, 2.05) is 0 Å². The lowest BCUT2D eigenvalue weighted by molar-refractivity contribution is -0.123. The van der Waals surface area contributed by atoms with E-state index in [-0.39, 0.29) is 18.3 Å². The Labute approximate surface area is 99.9 Å². The van der Waals surface area contributed by atoms with Crippen LogP contribution < -0.4 is 10.1 Å². The van der Waals surface area contributed by atoms with Crippen LogP contribution >= 0.6 is 15.9 Å². The number of rotatable bonds is 4. The number of halogens is 3. The van der Waals surface area contributed by atoms with Gasteiger partial charge in [-0.15, -0.1) is 0 Å². The highest BCUT2D eigenvalue weighted by Crippen LogP contribution is 2.25. The fraction of sp³-hybridized carbons (Fsp3) is 0.300. The van der Waals surface area contributed by atoms with Crippen molar-refractivity contribution in [3.8, 4) is 5.75 Å². The smallest absolute Gasteiger partial charge is 0.257 e. The van der Waals surface area contributed by atoms with Crippen LogP contribution in [0, 0.1) is 11.6 Å². The van der Waals surface area contributed by atoms with Gasteiger partial charge in [0.05, 0.1) is 0 Å². The monoisotopic (exact) mass is 293 g/mol. The van der Waals surface area contributed by atoms with Crippen molar-refractivity contribution in [2.24, 2.45) is 0 Å². The molecular weight excluding hydrogens is 284 g/mol. The molecule has 0 radical (unpaired) electrons. The quantitative estimate of drug-likeness (QED) is 0.865. The zero-order valence-electron chi connectivity index (χ0n) is 8.52. The zero-order chi connectivity index (χ0) is 12.1. The van der Waals surface area contributed by atoms with E-state index in [9.17, 15) is 13.6 Å². The second kappa shape index (κ2) is 5.79. The fourth-order valence-corrected chi connectivity index (χ4v) is 1.44. The van der Waals surface area contributed by atoms with Crippen molar-refractivity contribution in [1.29, 1.82) is 0 Å². The predicted octanol–water partition coefficient (Wildman–Crippen LogP) is 2.24. The fourth-order valence-electron chi connectivity index (χ4n) is 1.03. The number of hydrogen-bond donors (Lipinski definition) is 1. The van der Waals surface area contributed by atoms with E-state index in [1.165, 1.54) is 6.07 Å². The Morgan fingerprint density at radius 2 is 2.19 bits per heavy atom. The van der Waals surface area contributed by atoms with Crippen molar-refractivity contribution in [2.75, 3.05) is 13.2 Å². The average Bonchev–Trinajstić information content (AvgIpc) is 2.21. The molecular formula is C10H10BrF2NO2. The second-order valence-electron chi connectivity index (χ2n) is 2.94. The van der Waals surface area contributed by atoms with Crippen LogP contribution in [0.2, 0.25) is 0 Å². The van der Waals surface area contributed by atoms with E-state index >= 15 is 0 Å². The van der Waals surface area contributed by atoms with Crippen molar-refractivity contribution in [3.05, 3.63) is 28.2 Å². The summed E-state index contributed by atoms with van der Waals surface area (Å²) in [5, 5.41) is 2.47. The van der Waals surface area contributed by atoms with Gasteiger partial charge < -0.3 is 10.1 Å². The first-order chi connectivity index (χ1) is 7.54. The molecule has 1 aromatic rings. The number of carbonyl (C=O) groups excluding carboxylic acids is 1. The molecule has 0 aliphatic rings. The molecule has 0 aliphatic carbocycles. The summed E-state index contributed by atoms with van der Waals surface area (Å²) in [7, 11) is 0. The lowest BCUT2D eigenvalue weighted by Gasteiger charge is -2.07. The van der Waals surface area contributed by atoms with Gasteiger partial charge in [-0.1, -0.05) is 15.9 Å². The lowest BCUT2D eigenvalue weighted by Crippen LogP contribution is -2.28. The molecule has 0 fully saturated rings. The van der Waals surface area contributed by atoms with E-state index in [4.69, 9.17) is 4.74 Å². The molecule has 88 valence electrons. The summed E-state index contributed by atoms with van der Waals surface area (Å²) < 4.78 is 31.3. The molecule has 1 amide bonds. The maximum Gasteiger partial charge on any atom is 0.257 e. The number of carbonyl (C=O) groups is 1. The van der Waals surface area contributed by atoms with Gasteiger partial charge in [-0.2, -0.15) is 4.39 Å². The average molecular weight is 294 g/mol. The standard InChI is InChI=1S/C10H10BrF2NO2/c1-2-14-9(15)5-16-8-4-6(11)3-7(12)10(8)13/h3-4H,2,5H2,1H3,(H,14,15). The third-order valence-electron chi connectivity index (χ3n) is 1.69. The van der Waals surface area contributed by atoms with Gasteiger partial charge >= 0.3 is 0 Å². The van der Waals surface area contributed by atoms with Crippen molar-refractivity contribution < 1.29 is 18.3 Å². The van der Waals surface area contributed by atoms with Crippen LogP contribution in [0.3, 0.4) is 0 Å². The summed E-state index contributed by atoms with van der Waals surface area (Å²) in [6, 6.07) is 2.24. The number of likely N-dealkylation sites (N-methyl/N-ethyl adjacent to an activating group) is 1. The maximum absolute atomic E-state index is 13.2. The lowest BCUT2D eigenvalue weighted by atomic mass is 10.3. The summed E-state index contributed by atoms with van der Waals surface area (Å²) in [5.74, 6) is -2.81.